The molecule has 0 aliphatic carbocycles. The Balaban J connectivity index is 1.67. The number of rotatable bonds is 4. The number of hydrogen-bond acceptors (Lipinski definition) is 2. The van der Waals surface area contributed by atoms with E-state index in [-0.39, 0.29) is 5.82 Å². The van der Waals surface area contributed by atoms with Crippen LogP contribution in [-0.4, -0.2) is 14.6 Å². The molecule has 6 rings (SSSR count). The SMILES string of the molecule is Fc1ccc(-[n+]2[nH]c(-c3ccccc3)cc2-n2c(-c3cccs3)nc3ccccc32)cc1. The van der Waals surface area contributed by atoms with Gasteiger partial charge < -0.3 is 0 Å². The van der Waals surface area contributed by atoms with Crippen LogP contribution in [0.1, 0.15) is 0 Å². The predicted octanol–water partition coefficient (Wildman–Crippen LogP) is 6.16. The van der Waals surface area contributed by atoms with E-state index in [2.05, 4.69) is 45.4 Å². The molecule has 154 valence electrons. The monoisotopic (exact) mass is 437 g/mol. The first-order chi connectivity index (χ1) is 15.8. The molecule has 3 aromatic carbocycles. The van der Waals surface area contributed by atoms with Crippen LogP contribution in [0.25, 0.3) is 44.5 Å². The number of imidazole rings is 1. The average Bonchev–Trinajstić information content (AvgIpc) is 3.58. The molecule has 3 heterocycles. The predicted molar refractivity (Wildman–Crippen MR) is 126 cm³/mol. The van der Waals surface area contributed by atoms with Crippen molar-refractivity contribution < 1.29 is 9.07 Å². The average molecular weight is 438 g/mol. The number of halogens is 1. The Bertz CT molecular complexity index is 1510. The van der Waals surface area contributed by atoms with E-state index >= 15 is 0 Å². The van der Waals surface area contributed by atoms with Crippen LogP contribution in [0.15, 0.2) is 102 Å². The number of H-pyrrole nitrogens is 1. The van der Waals surface area contributed by atoms with E-state index in [9.17, 15) is 4.39 Å². The zero-order valence-corrected chi connectivity index (χ0v) is 17.8. The first-order valence-corrected chi connectivity index (χ1v) is 11.1. The molecule has 0 radical (unpaired) electrons. The van der Waals surface area contributed by atoms with Crippen LogP contribution in [0.2, 0.25) is 0 Å². The van der Waals surface area contributed by atoms with Crippen LogP contribution < -0.4 is 4.68 Å². The number of thiophene rings is 1. The Kier molecular flexibility index (Phi) is 4.44. The molecule has 0 unspecified atom stereocenters. The maximum absolute atomic E-state index is 13.7. The Morgan fingerprint density at radius 2 is 1.62 bits per heavy atom. The summed E-state index contributed by atoms with van der Waals surface area (Å²) < 4.78 is 17.8. The molecule has 0 fully saturated rings. The molecule has 0 saturated heterocycles. The van der Waals surface area contributed by atoms with Crippen molar-refractivity contribution in [3.63, 3.8) is 0 Å². The number of para-hydroxylation sites is 2. The van der Waals surface area contributed by atoms with Crippen LogP contribution in [0.4, 0.5) is 4.39 Å². The normalized spacial score (nSPS) is 11.3. The maximum atomic E-state index is 13.7. The van der Waals surface area contributed by atoms with Gasteiger partial charge in [-0.15, -0.1) is 16.0 Å². The lowest BCUT2D eigenvalue weighted by Crippen LogP contribution is -2.37. The van der Waals surface area contributed by atoms with Crippen molar-refractivity contribution in [1.82, 2.24) is 14.6 Å². The molecule has 3 aromatic heterocycles. The lowest BCUT2D eigenvalue weighted by atomic mass is 10.1. The highest BCUT2D eigenvalue weighted by Gasteiger charge is 2.28. The first kappa shape index (κ1) is 18.7. The zero-order chi connectivity index (χ0) is 21.5. The van der Waals surface area contributed by atoms with Gasteiger partial charge in [-0.1, -0.05) is 48.5 Å². The van der Waals surface area contributed by atoms with Gasteiger partial charge in [-0.2, -0.15) is 4.57 Å². The van der Waals surface area contributed by atoms with Gasteiger partial charge in [-0.3, -0.25) is 0 Å². The highest BCUT2D eigenvalue weighted by Crippen LogP contribution is 2.31. The number of aromatic amines is 1. The number of nitrogens with one attached hydrogen (secondary N) is 1. The molecular formula is C26H18FN4S+. The van der Waals surface area contributed by atoms with Crippen LogP contribution in [0.3, 0.4) is 0 Å². The number of benzene rings is 3. The Labute approximate surface area is 187 Å². The molecule has 0 amide bonds. The van der Waals surface area contributed by atoms with Gasteiger partial charge in [0.15, 0.2) is 11.2 Å². The number of aromatic nitrogens is 4. The van der Waals surface area contributed by atoms with Gasteiger partial charge in [-0.25, -0.2) is 14.5 Å². The molecule has 4 nitrogen and oxygen atoms in total. The molecule has 6 heteroatoms. The zero-order valence-electron chi connectivity index (χ0n) is 16.9. The highest BCUT2D eigenvalue weighted by atomic mass is 32.1. The fraction of sp³-hybridized carbons (Fsp3) is 0. The van der Waals surface area contributed by atoms with Gasteiger partial charge in [0, 0.05) is 5.56 Å². The van der Waals surface area contributed by atoms with Crippen molar-refractivity contribution in [2.24, 2.45) is 0 Å². The number of fused-ring (bicyclic) bond motifs is 1. The fourth-order valence-corrected chi connectivity index (χ4v) is 4.65. The van der Waals surface area contributed by atoms with Crippen LogP contribution in [0, 0.1) is 5.82 Å². The van der Waals surface area contributed by atoms with Crippen molar-refractivity contribution in [1.29, 1.82) is 0 Å². The lowest BCUT2D eigenvalue weighted by molar-refractivity contribution is -0.648. The molecule has 0 aliphatic heterocycles. The minimum atomic E-state index is -0.266. The molecule has 1 N–H and O–H groups in total. The second-order valence-corrected chi connectivity index (χ2v) is 8.39. The third-order valence-electron chi connectivity index (χ3n) is 5.44. The topological polar surface area (TPSA) is 37.5 Å². The summed E-state index contributed by atoms with van der Waals surface area (Å²) in [4.78, 5) is 6.03. The maximum Gasteiger partial charge on any atom is 0.314 e. The standard InChI is InChI=1S/C26H17FN4S/c27-19-12-14-20(15-13-19)31-25(17-22(29-31)18-7-2-1-3-8-18)30-23-10-5-4-9-21(23)28-26(30)24-11-6-16-32-24/h1-17H/p+1. The number of hydrogen-bond donors (Lipinski definition) is 1. The van der Waals surface area contributed by atoms with Gasteiger partial charge in [0.25, 0.3) is 0 Å². The first-order valence-electron chi connectivity index (χ1n) is 10.3. The molecule has 6 aromatic rings. The van der Waals surface area contributed by atoms with Crippen molar-refractivity contribution in [3.8, 4) is 33.5 Å². The van der Waals surface area contributed by atoms with Gasteiger partial charge in [-0.05, 0) is 47.8 Å². The number of nitrogens with zero attached hydrogens (tertiary/aromatic N) is 3. The van der Waals surface area contributed by atoms with Crippen LogP contribution in [0.5, 0.6) is 0 Å². The smallest absolute Gasteiger partial charge is 0.223 e. The summed E-state index contributed by atoms with van der Waals surface area (Å²) in [7, 11) is 0. The summed E-state index contributed by atoms with van der Waals surface area (Å²) >= 11 is 1.65. The molecule has 0 spiro atoms. The summed E-state index contributed by atoms with van der Waals surface area (Å²) in [5.41, 5.74) is 4.78. The molecule has 0 saturated carbocycles. The van der Waals surface area contributed by atoms with E-state index in [0.717, 1.165) is 44.5 Å². The van der Waals surface area contributed by atoms with Crippen molar-refractivity contribution in [2.45, 2.75) is 0 Å². The summed E-state index contributed by atoms with van der Waals surface area (Å²) in [6.07, 6.45) is 0. The molecule has 0 aliphatic rings. The lowest BCUT2D eigenvalue weighted by Gasteiger charge is -2.03. The Morgan fingerprint density at radius 1 is 0.844 bits per heavy atom. The van der Waals surface area contributed by atoms with Crippen molar-refractivity contribution in [2.75, 3.05) is 0 Å². The van der Waals surface area contributed by atoms with Crippen LogP contribution in [-0.2, 0) is 0 Å². The third kappa shape index (κ3) is 3.13. The van der Waals surface area contributed by atoms with E-state index in [1.54, 1.807) is 23.5 Å². The van der Waals surface area contributed by atoms with E-state index in [0.29, 0.717) is 0 Å². The summed E-state index contributed by atoms with van der Waals surface area (Å²) in [5, 5.41) is 5.56. The van der Waals surface area contributed by atoms with Gasteiger partial charge in [0.1, 0.15) is 11.3 Å². The van der Waals surface area contributed by atoms with E-state index < -0.39 is 0 Å². The minimum Gasteiger partial charge on any atom is -0.223 e. The Hall–Kier alpha value is -4.03. The summed E-state index contributed by atoms with van der Waals surface area (Å²) in [6, 6.07) is 31.0. The quantitative estimate of drug-likeness (QED) is 0.329. The van der Waals surface area contributed by atoms with E-state index in [4.69, 9.17) is 4.98 Å². The molecular weight excluding hydrogens is 419 g/mol. The van der Waals surface area contributed by atoms with Gasteiger partial charge in [0.05, 0.1) is 16.6 Å². The van der Waals surface area contributed by atoms with Gasteiger partial charge in [0.2, 0.25) is 5.82 Å². The Morgan fingerprint density at radius 3 is 2.41 bits per heavy atom. The van der Waals surface area contributed by atoms with Gasteiger partial charge >= 0.3 is 5.82 Å². The molecule has 0 atom stereocenters. The largest absolute Gasteiger partial charge is 0.314 e. The molecule has 32 heavy (non-hydrogen) atoms. The highest BCUT2D eigenvalue weighted by molar-refractivity contribution is 7.13. The fourth-order valence-electron chi connectivity index (χ4n) is 3.95. The summed E-state index contributed by atoms with van der Waals surface area (Å²) in [6.45, 7) is 0. The van der Waals surface area contributed by atoms with Crippen molar-refractivity contribution >= 4 is 22.4 Å². The second-order valence-electron chi connectivity index (χ2n) is 7.44. The second kappa shape index (κ2) is 7.59. The van der Waals surface area contributed by atoms with Crippen molar-refractivity contribution in [3.05, 3.63) is 108 Å². The minimum absolute atomic E-state index is 0.266. The molecule has 0 bridgehead atoms. The van der Waals surface area contributed by atoms with Crippen LogP contribution >= 0.6 is 11.3 Å². The van der Waals surface area contributed by atoms with E-state index in [1.165, 1.54) is 12.1 Å². The summed E-state index contributed by atoms with van der Waals surface area (Å²) in [5.74, 6) is 1.50. The van der Waals surface area contributed by atoms with E-state index in [1.807, 2.05) is 47.1 Å². The third-order valence-corrected chi connectivity index (χ3v) is 6.30.